The molecule has 5 rings (SSSR count). The molecular formula is C28H31O2S+. The summed E-state index contributed by atoms with van der Waals surface area (Å²) in [7, 11) is -0.225. The van der Waals surface area contributed by atoms with Crippen LogP contribution in [0.2, 0.25) is 0 Å². The Labute approximate surface area is 188 Å². The molecule has 0 aliphatic heterocycles. The molecule has 0 bridgehead atoms. The zero-order chi connectivity index (χ0) is 21.3. The zero-order valence-electron chi connectivity index (χ0n) is 18.0. The van der Waals surface area contributed by atoms with Gasteiger partial charge >= 0.3 is 0 Å². The zero-order valence-corrected chi connectivity index (χ0v) is 18.8. The van der Waals surface area contributed by atoms with Gasteiger partial charge in [0.15, 0.2) is 14.7 Å². The lowest BCUT2D eigenvalue weighted by molar-refractivity contribution is 0.0440. The highest BCUT2D eigenvalue weighted by Gasteiger charge is 2.36. The van der Waals surface area contributed by atoms with Gasteiger partial charge in [-0.3, -0.25) is 0 Å². The quantitative estimate of drug-likeness (QED) is 0.465. The van der Waals surface area contributed by atoms with E-state index in [1.165, 1.54) is 14.7 Å². The van der Waals surface area contributed by atoms with E-state index in [4.69, 9.17) is 0 Å². The monoisotopic (exact) mass is 431 g/mol. The Morgan fingerprint density at radius 3 is 1.23 bits per heavy atom. The minimum atomic E-state index is -0.651. The summed E-state index contributed by atoms with van der Waals surface area (Å²) in [6, 6.07) is 27.9. The molecule has 31 heavy (non-hydrogen) atoms. The van der Waals surface area contributed by atoms with E-state index in [0.717, 1.165) is 62.5 Å². The minimum absolute atomic E-state index is 0.225. The number of hydrogen-bond donors (Lipinski definition) is 2. The molecule has 0 spiro atoms. The molecule has 0 amide bonds. The van der Waals surface area contributed by atoms with Crippen LogP contribution in [0.1, 0.15) is 62.5 Å². The second kappa shape index (κ2) is 8.46. The number of hydrogen-bond acceptors (Lipinski definition) is 2. The van der Waals surface area contributed by atoms with Gasteiger partial charge in [0.25, 0.3) is 0 Å². The Bertz CT molecular complexity index is 934. The van der Waals surface area contributed by atoms with Crippen LogP contribution in [-0.4, -0.2) is 10.2 Å². The summed E-state index contributed by atoms with van der Waals surface area (Å²) < 4.78 is 0. The molecule has 2 fully saturated rings. The molecule has 0 saturated heterocycles. The molecule has 0 heterocycles. The summed E-state index contributed by atoms with van der Waals surface area (Å²) in [6.07, 6.45) is 7.86. The van der Waals surface area contributed by atoms with Crippen molar-refractivity contribution in [3.63, 3.8) is 0 Å². The Hall–Kier alpha value is -2.07. The smallest absolute Gasteiger partial charge is 0.166 e. The summed E-state index contributed by atoms with van der Waals surface area (Å²) in [5.74, 6) is 0. The van der Waals surface area contributed by atoms with Crippen LogP contribution in [0.3, 0.4) is 0 Å². The molecule has 0 aromatic heterocycles. The summed E-state index contributed by atoms with van der Waals surface area (Å²) in [5.41, 5.74) is 0.790. The van der Waals surface area contributed by atoms with Crippen LogP contribution in [0, 0.1) is 0 Å². The van der Waals surface area contributed by atoms with Gasteiger partial charge in [-0.15, -0.1) is 0 Å². The van der Waals surface area contributed by atoms with E-state index in [0.29, 0.717) is 0 Å². The van der Waals surface area contributed by atoms with E-state index >= 15 is 0 Å². The Morgan fingerprint density at radius 2 is 0.839 bits per heavy atom. The van der Waals surface area contributed by atoms with Crippen molar-refractivity contribution in [1.82, 2.24) is 0 Å². The van der Waals surface area contributed by atoms with E-state index in [9.17, 15) is 10.2 Å². The topological polar surface area (TPSA) is 40.5 Å². The lowest BCUT2D eigenvalue weighted by atomic mass is 9.92. The Kier molecular flexibility index (Phi) is 5.68. The first-order valence-electron chi connectivity index (χ1n) is 11.5. The van der Waals surface area contributed by atoms with Gasteiger partial charge in [-0.05, 0) is 73.2 Å². The van der Waals surface area contributed by atoms with Crippen molar-refractivity contribution < 1.29 is 10.2 Å². The minimum Gasteiger partial charge on any atom is -0.385 e. The molecule has 2 aliphatic rings. The van der Waals surface area contributed by atoms with Crippen molar-refractivity contribution in [1.29, 1.82) is 0 Å². The predicted molar refractivity (Wildman–Crippen MR) is 126 cm³/mol. The van der Waals surface area contributed by atoms with Crippen LogP contribution in [0.25, 0.3) is 0 Å². The van der Waals surface area contributed by atoms with Crippen molar-refractivity contribution in [2.24, 2.45) is 0 Å². The second-order valence-corrected chi connectivity index (χ2v) is 11.2. The fourth-order valence-electron chi connectivity index (χ4n) is 5.26. The molecule has 2 N–H and O–H groups in total. The van der Waals surface area contributed by atoms with Crippen molar-refractivity contribution in [3.8, 4) is 0 Å². The highest BCUT2D eigenvalue weighted by atomic mass is 32.2. The average Bonchev–Trinajstić information content (AvgIpc) is 3.46. The molecule has 2 aliphatic carbocycles. The third-order valence-corrected chi connectivity index (χ3v) is 9.33. The summed E-state index contributed by atoms with van der Waals surface area (Å²) >= 11 is 0. The van der Waals surface area contributed by atoms with Gasteiger partial charge in [-0.1, -0.05) is 68.1 Å². The number of benzene rings is 3. The Morgan fingerprint density at radius 1 is 0.484 bits per heavy atom. The first kappa shape index (κ1) is 20.8. The third-order valence-electron chi connectivity index (χ3n) is 7.10. The third kappa shape index (κ3) is 4.07. The standard InChI is InChI=1S/C28H31O2S/c29-27(18-4-5-19-27)22-10-14-25(15-11-22)31(24-8-2-1-3-9-24)26-16-12-23(13-17-26)28(30)20-6-7-21-28/h1-3,8-17,29-30H,4-7,18-21H2/q+1. The van der Waals surface area contributed by atoms with Crippen molar-refractivity contribution in [3.05, 3.63) is 90.0 Å². The summed E-state index contributed by atoms with van der Waals surface area (Å²) in [4.78, 5) is 3.79. The highest BCUT2D eigenvalue weighted by molar-refractivity contribution is 7.97. The van der Waals surface area contributed by atoms with E-state index in [2.05, 4.69) is 78.9 Å². The predicted octanol–water partition coefficient (Wildman–Crippen LogP) is 6.31. The maximum absolute atomic E-state index is 11.0. The van der Waals surface area contributed by atoms with E-state index < -0.39 is 11.2 Å². The highest BCUT2D eigenvalue weighted by Crippen LogP contribution is 2.41. The van der Waals surface area contributed by atoms with Crippen LogP contribution in [0.5, 0.6) is 0 Å². The number of rotatable bonds is 5. The largest absolute Gasteiger partial charge is 0.385 e. The molecule has 3 heteroatoms. The van der Waals surface area contributed by atoms with E-state index in [1.54, 1.807) is 0 Å². The fourth-order valence-corrected chi connectivity index (χ4v) is 7.33. The summed E-state index contributed by atoms with van der Waals surface area (Å²) in [6.45, 7) is 0. The fraction of sp³-hybridized carbons (Fsp3) is 0.357. The lowest BCUT2D eigenvalue weighted by Gasteiger charge is -2.23. The van der Waals surface area contributed by atoms with Gasteiger partial charge < -0.3 is 10.2 Å². The van der Waals surface area contributed by atoms with Gasteiger partial charge in [0.2, 0.25) is 0 Å². The van der Waals surface area contributed by atoms with Gasteiger partial charge in [0, 0.05) is 0 Å². The second-order valence-electron chi connectivity index (χ2n) is 9.15. The summed E-state index contributed by atoms with van der Waals surface area (Å²) in [5, 5.41) is 21.9. The van der Waals surface area contributed by atoms with Gasteiger partial charge in [-0.25, -0.2) is 0 Å². The lowest BCUT2D eigenvalue weighted by Crippen LogP contribution is -2.21. The normalized spacial score (nSPS) is 19.7. The average molecular weight is 432 g/mol. The maximum Gasteiger partial charge on any atom is 0.166 e. The SMILES string of the molecule is OC1(c2ccc([S+](c3ccccc3)c3ccc(C4(O)CCCC4)cc3)cc2)CCCC1. The van der Waals surface area contributed by atoms with E-state index in [-0.39, 0.29) is 10.9 Å². The van der Waals surface area contributed by atoms with Crippen molar-refractivity contribution in [2.45, 2.75) is 77.3 Å². The van der Waals surface area contributed by atoms with Gasteiger partial charge in [0.05, 0.1) is 22.1 Å². The van der Waals surface area contributed by atoms with Crippen molar-refractivity contribution in [2.75, 3.05) is 0 Å². The van der Waals surface area contributed by atoms with E-state index in [1.807, 2.05) is 0 Å². The van der Waals surface area contributed by atoms with Gasteiger partial charge in [-0.2, -0.15) is 0 Å². The first-order chi connectivity index (χ1) is 15.1. The van der Waals surface area contributed by atoms with Crippen LogP contribution in [0.4, 0.5) is 0 Å². The molecule has 2 saturated carbocycles. The molecule has 0 atom stereocenters. The molecule has 3 aromatic rings. The molecule has 0 radical (unpaired) electrons. The van der Waals surface area contributed by atoms with Crippen LogP contribution in [-0.2, 0) is 22.1 Å². The van der Waals surface area contributed by atoms with Crippen LogP contribution in [0.15, 0.2) is 93.5 Å². The first-order valence-corrected chi connectivity index (χ1v) is 12.8. The van der Waals surface area contributed by atoms with Gasteiger partial charge in [0.1, 0.15) is 0 Å². The van der Waals surface area contributed by atoms with Crippen LogP contribution < -0.4 is 0 Å². The molecular weight excluding hydrogens is 400 g/mol. The molecule has 3 aromatic carbocycles. The molecule has 160 valence electrons. The van der Waals surface area contributed by atoms with Crippen LogP contribution >= 0.6 is 0 Å². The molecule has 2 nitrogen and oxygen atoms in total. The number of aliphatic hydroxyl groups is 2. The molecule has 0 unspecified atom stereocenters. The Balaban J connectivity index is 1.49. The maximum atomic E-state index is 11.0. The van der Waals surface area contributed by atoms with Crippen molar-refractivity contribution >= 4 is 10.9 Å².